The second-order valence-electron chi connectivity index (χ2n) is 6.12. The van der Waals surface area contributed by atoms with Crippen LogP contribution in [0, 0.1) is 5.41 Å². The van der Waals surface area contributed by atoms with E-state index in [0.717, 1.165) is 10.9 Å². The molecule has 0 aliphatic heterocycles. The number of rotatable bonds is 5. The highest BCUT2D eigenvalue weighted by Crippen LogP contribution is 2.28. The van der Waals surface area contributed by atoms with E-state index in [4.69, 9.17) is 10.5 Å². The molecule has 0 spiro atoms. The van der Waals surface area contributed by atoms with Crippen molar-refractivity contribution in [1.82, 2.24) is 0 Å². The number of anilines is 1. The van der Waals surface area contributed by atoms with E-state index in [1.54, 1.807) is 13.2 Å². The average molecular weight is 343 g/mol. The Labute approximate surface area is 129 Å². The van der Waals surface area contributed by atoms with Gasteiger partial charge in [0, 0.05) is 16.9 Å². The fraction of sp³-hybridized carbons (Fsp3) is 0.533. The van der Waals surface area contributed by atoms with E-state index in [2.05, 4.69) is 42.0 Å². The first-order valence-corrected chi connectivity index (χ1v) is 7.39. The van der Waals surface area contributed by atoms with Gasteiger partial charge in [0.15, 0.2) is 0 Å². The van der Waals surface area contributed by atoms with Gasteiger partial charge in [-0.05, 0) is 30.0 Å². The quantitative estimate of drug-likeness (QED) is 0.859. The molecule has 3 N–H and O–H groups in total. The van der Waals surface area contributed by atoms with Gasteiger partial charge >= 0.3 is 0 Å². The van der Waals surface area contributed by atoms with E-state index >= 15 is 0 Å². The van der Waals surface area contributed by atoms with Gasteiger partial charge in [0.25, 0.3) is 0 Å². The minimum Gasteiger partial charge on any atom is -0.495 e. The fourth-order valence-electron chi connectivity index (χ4n) is 2.08. The van der Waals surface area contributed by atoms with Crippen molar-refractivity contribution in [3.8, 4) is 5.75 Å². The lowest BCUT2D eigenvalue weighted by Crippen LogP contribution is -2.31. The van der Waals surface area contributed by atoms with Crippen molar-refractivity contribution in [3.63, 3.8) is 0 Å². The largest absolute Gasteiger partial charge is 0.495 e. The molecule has 1 rings (SSSR count). The molecule has 0 saturated carbocycles. The lowest BCUT2D eigenvalue weighted by atomic mass is 9.87. The van der Waals surface area contributed by atoms with Gasteiger partial charge in [-0.15, -0.1) is 0 Å². The Hall–Kier alpha value is -1.07. The third-order valence-electron chi connectivity index (χ3n) is 2.76. The molecular formula is C15H23BrN2O2. The van der Waals surface area contributed by atoms with Gasteiger partial charge in [-0.25, -0.2) is 0 Å². The zero-order valence-corrected chi connectivity index (χ0v) is 14.1. The van der Waals surface area contributed by atoms with Gasteiger partial charge in [-0.3, -0.25) is 4.79 Å². The molecule has 4 nitrogen and oxygen atoms in total. The summed E-state index contributed by atoms with van der Waals surface area (Å²) in [6.07, 6.45) is 1.10. The van der Waals surface area contributed by atoms with Crippen LogP contribution in [0.15, 0.2) is 22.7 Å². The fourth-order valence-corrected chi connectivity index (χ4v) is 2.44. The maximum absolute atomic E-state index is 12.0. The Morgan fingerprint density at radius 2 is 2.10 bits per heavy atom. The minimum atomic E-state index is -0.145. The summed E-state index contributed by atoms with van der Waals surface area (Å²) < 4.78 is 6.10. The van der Waals surface area contributed by atoms with Gasteiger partial charge in [0.05, 0.1) is 12.8 Å². The Kier molecular flexibility index (Phi) is 6.02. The number of benzene rings is 1. The van der Waals surface area contributed by atoms with Crippen LogP contribution in [0.5, 0.6) is 5.75 Å². The average Bonchev–Trinajstić information content (AvgIpc) is 2.26. The lowest BCUT2D eigenvalue weighted by molar-refractivity contribution is -0.116. The number of nitrogens with two attached hydrogens (primary N) is 1. The number of hydrogen-bond acceptors (Lipinski definition) is 3. The predicted molar refractivity (Wildman–Crippen MR) is 86.0 cm³/mol. The van der Waals surface area contributed by atoms with Crippen LogP contribution < -0.4 is 15.8 Å². The molecule has 1 aromatic carbocycles. The summed E-state index contributed by atoms with van der Waals surface area (Å²) in [4.78, 5) is 12.0. The smallest absolute Gasteiger partial charge is 0.226 e. The van der Waals surface area contributed by atoms with Gasteiger partial charge in [-0.2, -0.15) is 0 Å². The first-order chi connectivity index (χ1) is 9.21. The molecule has 0 radical (unpaired) electrons. The van der Waals surface area contributed by atoms with Crippen molar-refractivity contribution in [2.75, 3.05) is 12.4 Å². The van der Waals surface area contributed by atoms with Gasteiger partial charge < -0.3 is 15.8 Å². The van der Waals surface area contributed by atoms with E-state index in [9.17, 15) is 4.79 Å². The van der Waals surface area contributed by atoms with E-state index in [0.29, 0.717) is 17.9 Å². The Morgan fingerprint density at radius 3 is 2.65 bits per heavy atom. The molecule has 112 valence electrons. The summed E-state index contributed by atoms with van der Waals surface area (Å²) in [5.74, 6) is 0.532. The number of amides is 1. The minimum absolute atomic E-state index is 0.0989. The summed E-state index contributed by atoms with van der Waals surface area (Å²) >= 11 is 3.37. The third-order valence-corrected chi connectivity index (χ3v) is 3.25. The monoisotopic (exact) mass is 342 g/mol. The van der Waals surface area contributed by atoms with Crippen LogP contribution in [0.3, 0.4) is 0 Å². The maximum atomic E-state index is 12.0. The Morgan fingerprint density at radius 1 is 1.45 bits per heavy atom. The van der Waals surface area contributed by atoms with Crippen LogP contribution in [0.2, 0.25) is 0 Å². The van der Waals surface area contributed by atoms with Crippen LogP contribution in [-0.4, -0.2) is 19.1 Å². The molecule has 5 heteroatoms. The van der Waals surface area contributed by atoms with Crippen LogP contribution in [0.1, 0.15) is 33.6 Å². The molecule has 0 heterocycles. The molecule has 0 aliphatic rings. The molecule has 20 heavy (non-hydrogen) atoms. The number of hydrogen-bond donors (Lipinski definition) is 2. The van der Waals surface area contributed by atoms with E-state index < -0.39 is 0 Å². The zero-order chi connectivity index (χ0) is 15.3. The molecule has 1 aromatic rings. The summed E-state index contributed by atoms with van der Waals surface area (Å²) in [5, 5.41) is 2.85. The maximum Gasteiger partial charge on any atom is 0.226 e. The molecule has 0 bridgehead atoms. The number of carbonyl (C=O) groups excluding carboxylic acids is 1. The highest BCUT2D eigenvalue weighted by Gasteiger charge is 2.18. The molecular weight excluding hydrogens is 320 g/mol. The van der Waals surface area contributed by atoms with E-state index in [1.165, 1.54) is 0 Å². The van der Waals surface area contributed by atoms with Crippen molar-refractivity contribution in [3.05, 3.63) is 22.7 Å². The summed E-state index contributed by atoms with van der Waals surface area (Å²) in [7, 11) is 1.57. The molecule has 1 atom stereocenters. The first-order valence-electron chi connectivity index (χ1n) is 6.60. The van der Waals surface area contributed by atoms with Crippen molar-refractivity contribution in [2.24, 2.45) is 11.1 Å². The van der Waals surface area contributed by atoms with Gasteiger partial charge in [0.1, 0.15) is 5.75 Å². The highest BCUT2D eigenvalue weighted by atomic mass is 79.9. The third kappa shape index (κ3) is 5.92. The molecule has 1 amide bonds. The van der Waals surface area contributed by atoms with Gasteiger partial charge in [-0.1, -0.05) is 36.7 Å². The molecule has 0 fully saturated rings. The van der Waals surface area contributed by atoms with E-state index in [1.807, 2.05) is 12.1 Å². The van der Waals surface area contributed by atoms with Crippen LogP contribution in [-0.2, 0) is 4.79 Å². The molecule has 1 unspecified atom stereocenters. The van der Waals surface area contributed by atoms with Crippen molar-refractivity contribution in [2.45, 2.75) is 39.7 Å². The number of carbonyl (C=O) groups is 1. The summed E-state index contributed by atoms with van der Waals surface area (Å²) in [6.45, 7) is 6.34. The number of methoxy groups -OCH3 is 1. The topological polar surface area (TPSA) is 64.3 Å². The van der Waals surface area contributed by atoms with Crippen molar-refractivity contribution in [1.29, 1.82) is 0 Å². The van der Waals surface area contributed by atoms with Crippen LogP contribution in [0.25, 0.3) is 0 Å². The van der Waals surface area contributed by atoms with Gasteiger partial charge in [0.2, 0.25) is 5.91 Å². The SMILES string of the molecule is COc1ccc(Br)cc1NC(=O)CC(N)CC(C)(C)C. The number of nitrogens with one attached hydrogen (secondary N) is 1. The van der Waals surface area contributed by atoms with E-state index in [-0.39, 0.29) is 17.4 Å². The second-order valence-corrected chi connectivity index (χ2v) is 7.04. The summed E-state index contributed by atoms with van der Waals surface area (Å²) in [5.41, 5.74) is 6.78. The molecule has 0 aliphatic carbocycles. The van der Waals surface area contributed by atoms with Crippen LogP contribution >= 0.6 is 15.9 Å². The van der Waals surface area contributed by atoms with Crippen LogP contribution in [0.4, 0.5) is 5.69 Å². The Bertz CT molecular complexity index is 469. The molecule has 0 saturated heterocycles. The second kappa shape index (κ2) is 7.09. The van der Waals surface area contributed by atoms with Crippen molar-refractivity contribution < 1.29 is 9.53 Å². The normalized spacial score (nSPS) is 12.9. The molecule has 0 aromatic heterocycles. The number of ether oxygens (including phenoxy) is 1. The van der Waals surface area contributed by atoms with Crippen molar-refractivity contribution >= 4 is 27.5 Å². The zero-order valence-electron chi connectivity index (χ0n) is 12.5. The summed E-state index contributed by atoms with van der Waals surface area (Å²) in [6, 6.07) is 5.33. The highest BCUT2D eigenvalue weighted by molar-refractivity contribution is 9.10. The first kappa shape index (κ1) is 17.0. The standard InChI is InChI=1S/C15H23BrN2O2/c1-15(2,3)9-11(17)8-14(19)18-12-7-10(16)5-6-13(12)20-4/h5-7,11H,8-9,17H2,1-4H3,(H,18,19). The number of halogens is 1. The predicted octanol–water partition coefficient (Wildman–Crippen LogP) is 3.55. The lowest BCUT2D eigenvalue weighted by Gasteiger charge is -2.22. The Balaban J connectivity index is 2.65.